The first-order chi connectivity index (χ1) is 9.97. The van der Waals surface area contributed by atoms with Crippen LogP contribution in [0.5, 0.6) is 5.75 Å². The number of carboxylic acid groups (broad SMARTS) is 1. The molecule has 0 unspecified atom stereocenters. The zero-order chi connectivity index (χ0) is 15.4. The number of carbonyl (C=O) groups excluding carboxylic acids is 1. The van der Waals surface area contributed by atoms with E-state index in [1.54, 1.807) is 6.07 Å². The lowest BCUT2D eigenvalue weighted by molar-refractivity contribution is -0.135. The smallest absolute Gasteiger partial charge is 0.322 e. The molecule has 0 aliphatic carbocycles. The van der Waals surface area contributed by atoms with Crippen molar-refractivity contribution in [2.24, 2.45) is 0 Å². The summed E-state index contributed by atoms with van der Waals surface area (Å²) in [6.45, 7) is -0.578. The molecule has 0 fully saturated rings. The molecule has 8 heteroatoms. The summed E-state index contributed by atoms with van der Waals surface area (Å²) in [4.78, 5) is 25.8. The quantitative estimate of drug-likeness (QED) is 0.760. The first kappa shape index (κ1) is 17.1. The van der Waals surface area contributed by atoms with Gasteiger partial charge >= 0.3 is 5.97 Å². The average Bonchev–Trinajstić information content (AvgIpc) is 2.44. The average molecular weight is 308 g/mol. The van der Waals surface area contributed by atoms with Crippen molar-refractivity contribution in [2.75, 3.05) is 6.54 Å². The Kier molecular flexibility index (Phi) is 5.53. The molecule has 1 aromatic carbocycles. The number of aromatic hydroxyl groups is 1. The number of hydrogen-bond donors (Lipinski definition) is 3. The van der Waals surface area contributed by atoms with Crippen molar-refractivity contribution in [3.8, 4) is 16.9 Å². The van der Waals surface area contributed by atoms with Crippen LogP contribution in [-0.2, 0) is 4.79 Å². The fraction of sp³-hybridized carbons (Fsp3) is 0.0714. The number of aliphatic carboxylic acids is 1. The summed E-state index contributed by atoms with van der Waals surface area (Å²) in [5.74, 6) is -2.87. The Morgan fingerprint density at radius 1 is 1.23 bits per heavy atom. The monoisotopic (exact) mass is 308 g/mol. The van der Waals surface area contributed by atoms with Crippen LogP contribution in [0.15, 0.2) is 36.5 Å². The largest absolute Gasteiger partial charge is 0.505 e. The third-order valence-electron chi connectivity index (χ3n) is 2.64. The second-order valence-corrected chi connectivity index (χ2v) is 4.18. The van der Waals surface area contributed by atoms with Crippen LogP contribution in [0.3, 0.4) is 0 Å². The molecule has 22 heavy (non-hydrogen) atoms. The van der Waals surface area contributed by atoms with Crippen LogP contribution in [-0.4, -0.2) is 39.1 Å². The number of amides is 1. The van der Waals surface area contributed by atoms with Gasteiger partial charge in [0.2, 0.25) is 0 Å². The highest BCUT2D eigenvalue weighted by atomic mass is 19.1. The number of hydrogen-bond acceptors (Lipinski definition) is 4. The molecule has 1 amide bonds. The Balaban J connectivity index is 0.00000242. The summed E-state index contributed by atoms with van der Waals surface area (Å²) in [7, 11) is 0. The topological polar surface area (TPSA) is 131 Å². The fourth-order valence-electron chi connectivity index (χ4n) is 1.69. The number of rotatable bonds is 4. The molecule has 2 aromatic rings. The van der Waals surface area contributed by atoms with Gasteiger partial charge in [-0.3, -0.25) is 9.59 Å². The van der Waals surface area contributed by atoms with E-state index in [1.807, 2.05) is 0 Å². The van der Waals surface area contributed by atoms with Crippen LogP contribution in [0.2, 0.25) is 0 Å². The molecule has 0 saturated heterocycles. The number of halogens is 1. The summed E-state index contributed by atoms with van der Waals surface area (Å²) in [5, 5.41) is 20.3. The van der Waals surface area contributed by atoms with Gasteiger partial charge < -0.3 is 21.0 Å². The number of nitrogens with zero attached hydrogens (tertiary/aromatic N) is 1. The Hall–Kier alpha value is -3.00. The fourth-order valence-corrected chi connectivity index (χ4v) is 1.69. The van der Waals surface area contributed by atoms with Gasteiger partial charge in [-0.05, 0) is 23.8 Å². The van der Waals surface area contributed by atoms with Crippen LogP contribution in [0.4, 0.5) is 4.39 Å². The molecular weight excluding hydrogens is 295 g/mol. The lowest BCUT2D eigenvalue weighted by atomic mass is 10.1. The third kappa shape index (κ3) is 4.00. The SMILES string of the molecule is O.O=C(O)CNC(=O)c1ncc(-c2cccc(F)c2)cc1O. The van der Waals surface area contributed by atoms with Crippen molar-refractivity contribution < 1.29 is 29.7 Å². The van der Waals surface area contributed by atoms with E-state index in [9.17, 15) is 19.1 Å². The van der Waals surface area contributed by atoms with E-state index in [1.165, 1.54) is 30.5 Å². The van der Waals surface area contributed by atoms with Crippen LogP contribution in [0.25, 0.3) is 11.1 Å². The molecule has 0 radical (unpaired) electrons. The maximum Gasteiger partial charge on any atom is 0.322 e. The Bertz CT molecular complexity index is 705. The van der Waals surface area contributed by atoms with Crippen LogP contribution in [0.1, 0.15) is 10.5 Å². The third-order valence-corrected chi connectivity index (χ3v) is 2.64. The van der Waals surface area contributed by atoms with E-state index in [-0.39, 0.29) is 11.2 Å². The minimum Gasteiger partial charge on any atom is -0.505 e. The van der Waals surface area contributed by atoms with Gasteiger partial charge in [0.1, 0.15) is 18.1 Å². The number of carbonyl (C=O) groups is 2. The van der Waals surface area contributed by atoms with Gasteiger partial charge in [-0.15, -0.1) is 0 Å². The lowest BCUT2D eigenvalue weighted by Gasteiger charge is -2.07. The van der Waals surface area contributed by atoms with E-state index >= 15 is 0 Å². The van der Waals surface area contributed by atoms with Crippen LogP contribution in [0, 0.1) is 5.82 Å². The van der Waals surface area contributed by atoms with E-state index in [0.717, 1.165) is 0 Å². The van der Waals surface area contributed by atoms with Gasteiger partial charge in [0.25, 0.3) is 5.91 Å². The second-order valence-electron chi connectivity index (χ2n) is 4.18. The van der Waals surface area contributed by atoms with E-state index in [2.05, 4.69) is 10.3 Å². The Labute approximate surface area is 124 Å². The molecule has 7 nitrogen and oxygen atoms in total. The lowest BCUT2D eigenvalue weighted by Crippen LogP contribution is -2.29. The molecule has 1 heterocycles. The molecule has 0 aliphatic rings. The molecule has 0 saturated carbocycles. The molecule has 0 aliphatic heterocycles. The zero-order valence-electron chi connectivity index (χ0n) is 11.2. The Morgan fingerprint density at radius 2 is 1.95 bits per heavy atom. The van der Waals surface area contributed by atoms with Crippen LogP contribution < -0.4 is 5.32 Å². The Morgan fingerprint density at radius 3 is 2.55 bits per heavy atom. The zero-order valence-corrected chi connectivity index (χ0v) is 11.2. The summed E-state index contributed by atoms with van der Waals surface area (Å²) in [6, 6.07) is 6.95. The predicted molar refractivity (Wildman–Crippen MR) is 74.9 cm³/mol. The minimum atomic E-state index is -1.21. The number of pyridine rings is 1. The van der Waals surface area contributed by atoms with E-state index in [0.29, 0.717) is 11.1 Å². The van der Waals surface area contributed by atoms with Crippen molar-refractivity contribution >= 4 is 11.9 Å². The van der Waals surface area contributed by atoms with E-state index < -0.39 is 30.0 Å². The maximum absolute atomic E-state index is 13.1. The number of aromatic nitrogens is 1. The molecule has 116 valence electrons. The molecule has 0 bridgehead atoms. The first-order valence-electron chi connectivity index (χ1n) is 5.92. The van der Waals surface area contributed by atoms with Gasteiger partial charge in [0.05, 0.1) is 0 Å². The maximum atomic E-state index is 13.1. The van der Waals surface area contributed by atoms with Crippen molar-refractivity contribution in [2.45, 2.75) is 0 Å². The van der Waals surface area contributed by atoms with Gasteiger partial charge in [-0.25, -0.2) is 9.37 Å². The van der Waals surface area contributed by atoms with Crippen molar-refractivity contribution in [1.82, 2.24) is 10.3 Å². The standard InChI is InChI=1S/C14H11FN2O4.H2O/c15-10-3-1-2-8(4-10)9-5-11(18)13(16-6-9)14(21)17-7-12(19)20;/h1-6,18H,7H2,(H,17,21)(H,19,20);1H2. The van der Waals surface area contributed by atoms with Crippen LogP contribution >= 0.6 is 0 Å². The van der Waals surface area contributed by atoms with Crippen molar-refractivity contribution in [3.05, 3.63) is 48.0 Å². The van der Waals surface area contributed by atoms with Gasteiger partial charge in [0.15, 0.2) is 5.69 Å². The predicted octanol–water partition coefficient (Wildman–Crippen LogP) is 0.583. The molecular formula is C14H13FN2O5. The highest BCUT2D eigenvalue weighted by molar-refractivity contribution is 5.96. The normalized spacial score (nSPS) is 9.68. The summed E-state index contributed by atoms with van der Waals surface area (Å²) < 4.78 is 13.1. The number of carboxylic acids is 1. The van der Waals surface area contributed by atoms with Gasteiger partial charge in [-0.1, -0.05) is 12.1 Å². The summed E-state index contributed by atoms with van der Waals surface area (Å²) >= 11 is 0. The summed E-state index contributed by atoms with van der Waals surface area (Å²) in [6.07, 6.45) is 1.30. The van der Waals surface area contributed by atoms with Gasteiger partial charge in [0, 0.05) is 11.8 Å². The number of benzene rings is 1. The highest BCUT2D eigenvalue weighted by Gasteiger charge is 2.14. The minimum absolute atomic E-state index is 0. The molecule has 0 spiro atoms. The molecule has 2 rings (SSSR count). The molecule has 5 N–H and O–H groups in total. The number of nitrogens with one attached hydrogen (secondary N) is 1. The first-order valence-corrected chi connectivity index (χ1v) is 5.92. The molecule has 1 aromatic heterocycles. The second kappa shape index (κ2) is 7.14. The van der Waals surface area contributed by atoms with Crippen molar-refractivity contribution in [3.63, 3.8) is 0 Å². The molecule has 0 atom stereocenters. The highest BCUT2D eigenvalue weighted by Crippen LogP contribution is 2.25. The van der Waals surface area contributed by atoms with E-state index in [4.69, 9.17) is 5.11 Å². The van der Waals surface area contributed by atoms with Crippen molar-refractivity contribution in [1.29, 1.82) is 0 Å². The van der Waals surface area contributed by atoms with Gasteiger partial charge in [-0.2, -0.15) is 0 Å². The summed E-state index contributed by atoms with van der Waals surface area (Å²) in [5.41, 5.74) is 0.633.